The maximum Gasteiger partial charge on any atom is 0.191 e. The van der Waals surface area contributed by atoms with Crippen LogP contribution in [-0.2, 0) is 0 Å². The standard InChI is InChI=1S/C22H38N4O3/c1-4-23-22(24-12-9-15-26-13-7-5-6-8-14-26)25-17-20(27)19-16-18(28-2)10-11-21(19)29-3/h10-11,16,20,27H,4-9,12-15,17H2,1-3H3,(H2,23,24,25). The number of aliphatic hydroxyl groups excluding tert-OH is 1. The number of guanidine groups is 1. The van der Waals surface area contributed by atoms with Crippen molar-refractivity contribution in [3.05, 3.63) is 23.8 Å². The Morgan fingerprint density at radius 3 is 2.55 bits per heavy atom. The Kier molecular flexibility index (Phi) is 10.7. The zero-order chi connectivity index (χ0) is 20.9. The minimum Gasteiger partial charge on any atom is -0.497 e. The van der Waals surface area contributed by atoms with Gasteiger partial charge in [-0.3, -0.25) is 4.99 Å². The molecular weight excluding hydrogens is 368 g/mol. The fourth-order valence-electron chi connectivity index (χ4n) is 3.59. The molecule has 3 N–H and O–H groups in total. The number of hydrogen-bond acceptors (Lipinski definition) is 5. The van der Waals surface area contributed by atoms with Gasteiger partial charge in [-0.15, -0.1) is 0 Å². The van der Waals surface area contributed by atoms with Crippen LogP contribution in [0.15, 0.2) is 23.2 Å². The van der Waals surface area contributed by atoms with Gasteiger partial charge in [0.05, 0.1) is 20.8 Å². The zero-order valence-electron chi connectivity index (χ0n) is 18.2. The first-order chi connectivity index (χ1) is 14.2. The van der Waals surface area contributed by atoms with Crippen LogP contribution in [0.3, 0.4) is 0 Å². The van der Waals surface area contributed by atoms with E-state index in [0.717, 1.165) is 32.0 Å². The topological polar surface area (TPSA) is 78.4 Å². The van der Waals surface area contributed by atoms with Crippen LogP contribution in [-0.4, -0.2) is 69.5 Å². The van der Waals surface area contributed by atoms with Gasteiger partial charge >= 0.3 is 0 Å². The summed E-state index contributed by atoms with van der Waals surface area (Å²) in [6, 6.07) is 5.40. The first-order valence-electron chi connectivity index (χ1n) is 10.8. The van der Waals surface area contributed by atoms with Crippen LogP contribution < -0.4 is 20.1 Å². The van der Waals surface area contributed by atoms with Crippen LogP contribution in [0.25, 0.3) is 0 Å². The van der Waals surface area contributed by atoms with E-state index in [2.05, 4.69) is 20.5 Å². The van der Waals surface area contributed by atoms with Gasteiger partial charge in [0.1, 0.15) is 17.6 Å². The van der Waals surface area contributed by atoms with E-state index in [-0.39, 0.29) is 6.54 Å². The number of methoxy groups -OCH3 is 2. The van der Waals surface area contributed by atoms with Gasteiger partial charge in [0.25, 0.3) is 0 Å². The quantitative estimate of drug-likeness (QED) is 0.315. The molecule has 7 heteroatoms. The number of nitrogens with one attached hydrogen (secondary N) is 2. The summed E-state index contributed by atoms with van der Waals surface area (Å²) in [6.45, 7) is 7.49. The van der Waals surface area contributed by atoms with Gasteiger partial charge in [-0.05, 0) is 64.0 Å². The molecular formula is C22H38N4O3. The highest BCUT2D eigenvalue weighted by Crippen LogP contribution is 2.29. The molecule has 1 aliphatic heterocycles. The number of ether oxygens (including phenoxy) is 2. The van der Waals surface area contributed by atoms with E-state index in [1.165, 1.54) is 38.8 Å². The van der Waals surface area contributed by atoms with Crippen LogP contribution >= 0.6 is 0 Å². The fourth-order valence-corrected chi connectivity index (χ4v) is 3.59. The molecule has 2 rings (SSSR count). The van der Waals surface area contributed by atoms with Crippen LogP contribution in [0.1, 0.15) is 50.7 Å². The van der Waals surface area contributed by atoms with Crippen molar-refractivity contribution >= 4 is 5.96 Å². The Morgan fingerprint density at radius 1 is 1.14 bits per heavy atom. The molecule has 7 nitrogen and oxygen atoms in total. The zero-order valence-corrected chi connectivity index (χ0v) is 18.2. The van der Waals surface area contributed by atoms with Crippen molar-refractivity contribution in [3.63, 3.8) is 0 Å². The van der Waals surface area contributed by atoms with Crippen molar-refractivity contribution in [2.24, 2.45) is 4.99 Å². The highest BCUT2D eigenvalue weighted by Gasteiger charge is 2.15. The average Bonchev–Trinajstić information content (AvgIpc) is 3.03. The molecule has 0 bridgehead atoms. The highest BCUT2D eigenvalue weighted by molar-refractivity contribution is 5.79. The van der Waals surface area contributed by atoms with Crippen molar-refractivity contribution in [1.29, 1.82) is 0 Å². The lowest BCUT2D eigenvalue weighted by molar-refractivity contribution is 0.182. The fraction of sp³-hybridized carbons (Fsp3) is 0.682. The first-order valence-corrected chi connectivity index (χ1v) is 10.8. The number of rotatable bonds is 10. The maximum absolute atomic E-state index is 10.6. The van der Waals surface area contributed by atoms with Crippen LogP contribution in [0.2, 0.25) is 0 Å². The van der Waals surface area contributed by atoms with E-state index in [4.69, 9.17) is 9.47 Å². The van der Waals surface area contributed by atoms with Gasteiger partial charge in [-0.2, -0.15) is 0 Å². The number of aliphatic hydroxyl groups is 1. The van der Waals surface area contributed by atoms with E-state index in [9.17, 15) is 5.11 Å². The lowest BCUT2D eigenvalue weighted by Crippen LogP contribution is -2.39. The Balaban J connectivity index is 1.85. The number of hydrogen-bond donors (Lipinski definition) is 3. The number of likely N-dealkylation sites (tertiary alicyclic amines) is 1. The first kappa shape index (κ1) is 23.3. The van der Waals surface area contributed by atoms with Gasteiger partial charge in [0.2, 0.25) is 0 Å². The molecule has 164 valence electrons. The third-order valence-corrected chi connectivity index (χ3v) is 5.20. The van der Waals surface area contributed by atoms with E-state index in [0.29, 0.717) is 17.1 Å². The third kappa shape index (κ3) is 8.11. The Morgan fingerprint density at radius 2 is 1.90 bits per heavy atom. The summed E-state index contributed by atoms with van der Waals surface area (Å²) in [6.07, 6.45) is 5.69. The van der Waals surface area contributed by atoms with Gasteiger partial charge in [-0.25, -0.2) is 0 Å². The van der Waals surface area contributed by atoms with E-state index >= 15 is 0 Å². The van der Waals surface area contributed by atoms with Gasteiger partial charge < -0.3 is 30.1 Å². The molecule has 1 atom stereocenters. The largest absolute Gasteiger partial charge is 0.497 e. The molecule has 0 radical (unpaired) electrons. The Hall–Kier alpha value is -1.99. The normalized spacial score (nSPS) is 16.8. The van der Waals surface area contributed by atoms with Crippen LogP contribution in [0, 0.1) is 0 Å². The minimum absolute atomic E-state index is 0.241. The van der Waals surface area contributed by atoms with Crippen molar-refractivity contribution in [2.75, 3.05) is 53.5 Å². The molecule has 0 saturated carbocycles. The second-order valence-electron chi connectivity index (χ2n) is 7.38. The van der Waals surface area contributed by atoms with Crippen molar-refractivity contribution < 1.29 is 14.6 Å². The molecule has 0 amide bonds. The molecule has 29 heavy (non-hydrogen) atoms. The average molecular weight is 407 g/mol. The summed E-state index contributed by atoms with van der Waals surface area (Å²) >= 11 is 0. The van der Waals surface area contributed by atoms with E-state index in [1.54, 1.807) is 26.4 Å². The predicted molar refractivity (Wildman–Crippen MR) is 118 cm³/mol. The predicted octanol–water partition coefficient (Wildman–Crippen LogP) is 2.56. The van der Waals surface area contributed by atoms with Crippen molar-refractivity contribution in [2.45, 2.75) is 45.1 Å². The third-order valence-electron chi connectivity index (χ3n) is 5.20. The molecule has 0 spiro atoms. The summed E-state index contributed by atoms with van der Waals surface area (Å²) < 4.78 is 10.6. The SMILES string of the molecule is CCNC(=NCC(O)c1cc(OC)ccc1OC)NCCCN1CCCCCC1. The molecule has 0 aliphatic carbocycles. The molecule has 1 aliphatic rings. The van der Waals surface area contributed by atoms with E-state index in [1.807, 2.05) is 13.0 Å². The van der Waals surface area contributed by atoms with Gasteiger partial charge in [0, 0.05) is 18.7 Å². The van der Waals surface area contributed by atoms with Gasteiger partial charge in [-0.1, -0.05) is 12.8 Å². The second kappa shape index (κ2) is 13.3. The smallest absolute Gasteiger partial charge is 0.191 e. The number of aliphatic imine (C=N–C) groups is 1. The summed E-state index contributed by atoms with van der Waals surface area (Å²) in [5.41, 5.74) is 0.674. The summed E-state index contributed by atoms with van der Waals surface area (Å²) in [5.74, 6) is 2.04. The molecule has 1 saturated heterocycles. The number of benzene rings is 1. The van der Waals surface area contributed by atoms with Crippen LogP contribution in [0.4, 0.5) is 0 Å². The summed E-state index contributed by atoms with van der Waals surface area (Å²) in [5, 5.41) is 17.3. The molecule has 1 aromatic rings. The number of nitrogens with zero attached hydrogens (tertiary/aromatic N) is 2. The highest BCUT2D eigenvalue weighted by atomic mass is 16.5. The second-order valence-corrected chi connectivity index (χ2v) is 7.38. The summed E-state index contributed by atoms with van der Waals surface area (Å²) in [4.78, 5) is 7.12. The molecule has 1 heterocycles. The monoisotopic (exact) mass is 406 g/mol. The minimum atomic E-state index is -0.771. The summed E-state index contributed by atoms with van der Waals surface area (Å²) in [7, 11) is 3.20. The molecule has 1 fully saturated rings. The Bertz CT molecular complexity index is 616. The van der Waals surface area contributed by atoms with Crippen LogP contribution in [0.5, 0.6) is 11.5 Å². The van der Waals surface area contributed by atoms with Crippen molar-refractivity contribution in [1.82, 2.24) is 15.5 Å². The molecule has 1 unspecified atom stereocenters. The van der Waals surface area contributed by atoms with Crippen molar-refractivity contribution in [3.8, 4) is 11.5 Å². The van der Waals surface area contributed by atoms with Gasteiger partial charge in [0.15, 0.2) is 5.96 Å². The Labute approximate surface area is 175 Å². The lowest BCUT2D eigenvalue weighted by Gasteiger charge is -2.20. The maximum atomic E-state index is 10.6. The lowest BCUT2D eigenvalue weighted by atomic mass is 10.1. The molecule has 1 aromatic carbocycles. The molecule has 0 aromatic heterocycles. The van der Waals surface area contributed by atoms with E-state index < -0.39 is 6.10 Å².